The van der Waals surface area contributed by atoms with Gasteiger partial charge in [-0.2, -0.15) is 0 Å². The predicted molar refractivity (Wildman–Crippen MR) is 71.4 cm³/mol. The molecule has 2 fully saturated rings. The van der Waals surface area contributed by atoms with E-state index in [1.54, 1.807) is 12.1 Å². The molecular weight excluding hydrogens is 258 g/mol. The fourth-order valence-corrected chi connectivity index (χ4v) is 3.64. The number of aromatic hydroxyl groups is 1. The average molecular weight is 275 g/mol. The first-order chi connectivity index (χ1) is 9.59. The molecule has 1 saturated heterocycles. The molecule has 3 rings (SSSR count). The maximum atomic E-state index is 12.5. The van der Waals surface area contributed by atoms with E-state index in [9.17, 15) is 19.8 Å². The zero-order chi connectivity index (χ0) is 14.3. The minimum absolute atomic E-state index is 0.0577. The first-order valence-electron chi connectivity index (χ1n) is 6.91. The Balaban J connectivity index is 1.91. The van der Waals surface area contributed by atoms with Crippen LogP contribution >= 0.6 is 0 Å². The fraction of sp³-hybridized carbons (Fsp3) is 0.467. The minimum Gasteiger partial charge on any atom is -0.507 e. The second-order valence-electron chi connectivity index (χ2n) is 5.61. The topological polar surface area (TPSA) is 77.8 Å². The van der Waals surface area contributed by atoms with Gasteiger partial charge in [0.2, 0.25) is 0 Å². The summed E-state index contributed by atoms with van der Waals surface area (Å²) < 4.78 is 0. The number of phenols is 1. The van der Waals surface area contributed by atoms with Crippen LogP contribution in [-0.4, -0.2) is 39.6 Å². The van der Waals surface area contributed by atoms with Gasteiger partial charge in [0.15, 0.2) is 0 Å². The highest BCUT2D eigenvalue weighted by Gasteiger charge is 2.49. The van der Waals surface area contributed by atoms with E-state index in [0.717, 1.165) is 19.3 Å². The van der Waals surface area contributed by atoms with Crippen LogP contribution in [0.3, 0.4) is 0 Å². The number of hydrogen-bond donors (Lipinski definition) is 2. The third-order valence-corrected chi connectivity index (χ3v) is 4.54. The van der Waals surface area contributed by atoms with Crippen LogP contribution < -0.4 is 0 Å². The van der Waals surface area contributed by atoms with Crippen molar-refractivity contribution in [2.24, 2.45) is 11.8 Å². The van der Waals surface area contributed by atoms with Gasteiger partial charge in [0, 0.05) is 6.54 Å². The van der Waals surface area contributed by atoms with E-state index < -0.39 is 12.0 Å². The van der Waals surface area contributed by atoms with Crippen LogP contribution in [0.4, 0.5) is 0 Å². The molecule has 1 aliphatic carbocycles. The van der Waals surface area contributed by atoms with Crippen molar-refractivity contribution in [3.8, 4) is 5.75 Å². The Bertz CT molecular complexity index is 557. The minimum atomic E-state index is -0.942. The van der Waals surface area contributed by atoms with Crippen LogP contribution in [0.15, 0.2) is 24.3 Å². The Hall–Kier alpha value is -2.04. The Kier molecular flexibility index (Phi) is 3.12. The number of aliphatic carboxylic acids is 1. The summed E-state index contributed by atoms with van der Waals surface area (Å²) >= 11 is 0. The van der Waals surface area contributed by atoms with E-state index in [2.05, 4.69) is 0 Å². The Morgan fingerprint density at radius 1 is 1.20 bits per heavy atom. The van der Waals surface area contributed by atoms with Gasteiger partial charge in [-0.15, -0.1) is 0 Å². The number of carbonyl (C=O) groups is 2. The number of likely N-dealkylation sites (tertiary alicyclic amines) is 1. The summed E-state index contributed by atoms with van der Waals surface area (Å²) in [6.45, 7) is 0.481. The molecule has 3 atom stereocenters. The van der Waals surface area contributed by atoms with Crippen molar-refractivity contribution in [3.63, 3.8) is 0 Å². The second kappa shape index (κ2) is 4.81. The smallest absolute Gasteiger partial charge is 0.326 e. The maximum absolute atomic E-state index is 12.5. The molecule has 0 spiro atoms. The van der Waals surface area contributed by atoms with Crippen molar-refractivity contribution < 1.29 is 19.8 Å². The molecule has 1 aliphatic heterocycles. The Morgan fingerprint density at radius 3 is 2.65 bits per heavy atom. The lowest BCUT2D eigenvalue weighted by atomic mass is 9.94. The highest BCUT2D eigenvalue weighted by Crippen LogP contribution is 2.43. The van der Waals surface area contributed by atoms with Crippen LogP contribution in [0.25, 0.3) is 0 Å². The number of hydrogen-bond acceptors (Lipinski definition) is 3. The van der Waals surface area contributed by atoms with Crippen LogP contribution in [-0.2, 0) is 4.79 Å². The van der Waals surface area contributed by atoms with Gasteiger partial charge in [0.05, 0.1) is 5.56 Å². The number of para-hydroxylation sites is 1. The number of carboxylic acid groups (broad SMARTS) is 1. The molecule has 5 heteroatoms. The number of nitrogens with zero attached hydrogens (tertiary/aromatic N) is 1. The molecule has 1 saturated carbocycles. The largest absolute Gasteiger partial charge is 0.507 e. The summed E-state index contributed by atoms with van der Waals surface area (Å²) in [4.78, 5) is 25.5. The number of fused-ring (bicyclic) bond motifs is 1. The molecule has 2 aliphatic rings. The molecule has 3 unspecified atom stereocenters. The van der Waals surface area contributed by atoms with E-state index >= 15 is 0 Å². The Labute approximate surface area is 116 Å². The molecule has 0 bridgehead atoms. The standard InChI is InChI=1S/C15H17NO4/c17-12-7-2-1-5-11(12)14(18)16-8-9-4-3-6-10(9)13(16)15(19)20/h1-2,5,7,9-10,13,17H,3-4,6,8H2,(H,19,20). The van der Waals surface area contributed by atoms with Crippen LogP contribution in [0, 0.1) is 11.8 Å². The van der Waals surface area contributed by atoms with Gasteiger partial charge in [0.25, 0.3) is 5.91 Å². The number of amides is 1. The first-order valence-corrected chi connectivity index (χ1v) is 6.91. The summed E-state index contributed by atoms with van der Waals surface area (Å²) in [6.07, 6.45) is 2.89. The molecule has 5 nitrogen and oxygen atoms in total. The second-order valence-corrected chi connectivity index (χ2v) is 5.61. The van der Waals surface area contributed by atoms with Gasteiger partial charge in [-0.25, -0.2) is 4.79 Å². The lowest BCUT2D eigenvalue weighted by Gasteiger charge is -2.24. The highest BCUT2D eigenvalue weighted by molar-refractivity contribution is 5.99. The zero-order valence-corrected chi connectivity index (χ0v) is 11.0. The summed E-state index contributed by atoms with van der Waals surface area (Å²) in [5.41, 5.74) is 0.179. The molecule has 0 aromatic heterocycles. The third kappa shape index (κ3) is 1.94. The Morgan fingerprint density at radius 2 is 1.95 bits per heavy atom. The number of benzene rings is 1. The zero-order valence-electron chi connectivity index (χ0n) is 11.0. The van der Waals surface area contributed by atoms with E-state index in [1.165, 1.54) is 17.0 Å². The molecule has 0 radical (unpaired) electrons. The van der Waals surface area contributed by atoms with E-state index in [4.69, 9.17) is 0 Å². The van der Waals surface area contributed by atoms with Gasteiger partial charge in [0.1, 0.15) is 11.8 Å². The summed E-state index contributed by atoms with van der Waals surface area (Å²) in [7, 11) is 0. The van der Waals surface area contributed by atoms with Crippen LogP contribution in [0.1, 0.15) is 29.6 Å². The fourth-order valence-electron chi connectivity index (χ4n) is 3.64. The average Bonchev–Trinajstić information content (AvgIpc) is 2.97. The van der Waals surface area contributed by atoms with Gasteiger partial charge in [-0.3, -0.25) is 4.79 Å². The van der Waals surface area contributed by atoms with E-state index in [0.29, 0.717) is 6.54 Å². The van der Waals surface area contributed by atoms with Crippen molar-refractivity contribution in [3.05, 3.63) is 29.8 Å². The number of phenolic OH excluding ortho intramolecular Hbond substituents is 1. The van der Waals surface area contributed by atoms with E-state index in [-0.39, 0.29) is 29.1 Å². The SMILES string of the molecule is O=C(O)C1C2CCCC2CN1C(=O)c1ccccc1O. The predicted octanol–water partition coefficient (Wildman–Crippen LogP) is 1.72. The monoisotopic (exact) mass is 275 g/mol. The molecular formula is C15H17NO4. The molecule has 1 amide bonds. The molecule has 106 valence electrons. The quantitative estimate of drug-likeness (QED) is 0.861. The normalized spacial score (nSPS) is 28.4. The first kappa shape index (κ1) is 13.0. The van der Waals surface area contributed by atoms with Crippen LogP contribution in [0.5, 0.6) is 5.75 Å². The van der Waals surface area contributed by atoms with Gasteiger partial charge in [-0.05, 0) is 36.8 Å². The van der Waals surface area contributed by atoms with Crippen molar-refractivity contribution >= 4 is 11.9 Å². The van der Waals surface area contributed by atoms with Crippen molar-refractivity contribution in [2.75, 3.05) is 6.54 Å². The molecule has 2 N–H and O–H groups in total. The number of rotatable bonds is 2. The third-order valence-electron chi connectivity index (χ3n) is 4.54. The number of carboxylic acids is 1. The molecule has 20 heavy (non-hydrogen) atoms. The molecule has 1 aromatic rings. The lowest BCUT2D eigenvalue weighted by Crippen LogP contribution is -2.43. The van der Waals surface area contributed by atoms with Gasteiger partial charge in [-0.1, -0.05) is 18.6 Å². The summed E-state index contributed by atoms with van der Waals surface area (Å²) in [6, 6.07) is 5.53. The molecule has 1 heterocycles. The van der Waals surface area contributed by atoms with Gasteiger partial charge < -0.3 is 15.1 Å². The molecule has 1 aromatic carbocycles. The number of carbonyl (C=O) groups excluding carboxylic acids is 1. The summed E-state index contributed by atoms with van der Waals surface area (Å²) in [5, 5.41) is 19.2. The van der Waals surface area contributed by atoms with Crippen molar-refractivity contribution in [2.45, 2.75) is 25.3 Å². The van der Waals surface area contributed by atoms with E-state index in [1.807, 2.05) is 0 Å². The lowest BCUT2D eigenvalue weighted by molar-refractivity contribution is -0.142. The maximum Gasteiger partial charge on any atom is 0.326 e. The van der Waals surface area contributed by atoms with Crippen molar-refractivity contribution in [1.29, 1.82) is 0 Å². The van der Waals surface area contributed by atoms with Gasteiger partial charge >= 0.3 is 5.97 Å². The highest BCUT2D eigenvalue weighted by atomic mass is 16.4. The van der Waals surface area contributed by atoms with Crippen LogP contribution in [0.2, 0.25) is 0 Å². The van der Waals surface area contributed by atoms with Crippen molar-refractivity contribution in [1.82, 2.24) is 4.90 Å². The summed E-state index contributed by atoms with van der Waals surface area (Å²) in [5.74, 6) is -1.08.